The smallest absolute Gasteiger partial charge is 0.351 e. The second kappa shape index (κ2) is 4.05. The van der Waals surface area contributed by atoms with Gasteiger partial charge in [0.2, 0.25) is 0 Å². The summed E-state index contributed by atoms with van der Waals surface area (Å²) in [5.74, 6) is -1.71. The molecule has 1 aliphatic carbocycles. The Morgan fingerprint density at radius 2 is 2.30 bits per heavy atom. The molecular weight excluding hydrogens is 316 g/mol. The minimum atomic E-state index is -1.79. The standard InChI is InChI=1S/C10H10Cl2FN3O4/c11-2-9-7(17)10(9,19)4(12)6(20-9)16-1-3(13)5(14)15-8(16)18/h1,4,6-7,17,19H,2H2,(H2,14,15,18)/t4-,6?,7?,9+,10+/m0/s1. The van der Waals surface area contributed by atoms with Crippen molar-refractivity contribution in [1.29, 1.82) is 0 Å². The first-order valence-electron chi connectivity index (χ1n) is 5.62. The minimum Gasteiger partial charge on any atom is -0.387 e. The highest BCUT2D eigenvalue weighted by Gasteiger charge is 2.86. The fraction of sp³-hybridized carbons (Fsp3) is 0.600. The third-order valence-corrected chi connectivity index (χ3v) is 4.81. The molecule has 3 rings (SSSR count). The predicted octanol–water partition coefficient (Wildman–Crippen LogP) is -0.816. The van der Waals surface area contributed by atoms with Gasteiger partial charge in [-0.15, -0.1) is 23.2 Å². The average Bonchev–Trinajstić information content (AvgIpc) is 2.76. The minimum absolute atomic E-state index is 0.232. The van der Waals surface area contributed by atoms with Gasteiger partial charge in [0.1, 0.15) is 22.7 Å². The molecule has 0 aromatic carbocycles. The van der Waals surface area contributed by atoms with Crippen molar-refractivity contribution in [2.75, 3.05) is 11.6 Å². The molecule has 0 spiro atoms. The van der Waals surface area contributed by atoms with E-state index >= 15 is 0 Å². The number of hydrogen-bond acceptors (Lipinski definition) is 6. The Labute approximate surface area is 121 Å². The van der Waals surface area contributed by atoms with Gasteiger partial charge in [-0.05, 0) is 0 Å². The highest BCUT2D eigenvalue weighted by molar-refractivity contribution is 6.23. The molecule has 0 bridgehead atoms. The molecule has 10 heteroatoms. The van der Waals surface area contributed by atoms with Gasteiger partial charge in [-0.3, -0.25) is 4.57 Å². The van der Waals surface area contributed by atoms with Crippen LogP contribution in [0.2, 0.25) is 0 Å². The van der Waals surface area contributed by atoms with Crippen LogP contribution >= 0.6 is 23.2 Å². The number of nitrogen functional groups attached to an aromatic ring is 1. The molecule has 7 nitrogen and oxygen atoms in total. The van der Waals surface area contributed by atoms with Crippen molar-refractivity contribution in [3.63, 3.8) is 0 Å². The van der Waals surface area contributed by atoms with Crippen LogP contribution in [0.4, 0.5) is 10.2 Å². The van der Waals surface area contributed by atoms with Gasteiger partial charge in [-0.2, -0.15) is 4.98 Å². The molecule has 1 aromatic rings. The molecule has 0 radical (unpaired) electrons. The Hall–Kier alpha value is -0.930. The number of nitrogens with zero attached hydrogens (tertiary/aromatic N) is 2. The molecule has 110 valence electrons. The molecule has 2 fully saturated rings. The van der Waals surface area contributed by atoms with Crippen molar-refractivity contribution in [3.05, 3.63) is 22.5 Å². The van der Waals surface area contributed by atoms with E-state index in [2.05, 4.69) is 4.98 Å². The van der Waals surface area contributed by atoms with Gasteiger partial charge in [-0.25, -0.2) is 9.18 Å². The van der Waals surface area contributed by atoms with Crippen LogP contribution in [0.25, 0.3) is 0 Å². The number of aromatic nitrogens is 2. The molecule has 2 heterocycles. The van der Waals surface area contributed by atoms with Gasteiger partial charge < -0.3 is 20.7 Å². The van der Waals surface area contributed by atoms with Crippen molar-refractivity contribution in [2.24, 2.45) is 0 Å². The summed E-state index contributed by atoms with van der Waals surface area (Å²) in [5.41, 5.74) is 1.03. The van der Waals surface area contributed by atoms with Crippen LogP contribution in [0.5, 0.6) is 0 Å². The van der Waals surface area contributed by atoms with Crippen LogP contribution in [0, 0.1) is 5.82 Å². The van der Waals surface area contributed by atoms with Crippen molar-refractivity contribution >= 4 is 29.0 Å². The SMILES string of the molecule is Nc1nc(=O)n(C2O[C@]3(CCl)C(O)[C@]3(O)[C@H]2Cl)cc1F. The number of fused-ring (bicyclic) bond motifs is 1. The molecule has 2 unspecified atom stereocenters. The van der Waals surface area contributed by atoms with Gasteiger partial charge in [0.25, 0.3) is 0 Å². The number of alkyl halides is 2. The summed E-state index contributed by atoms with van der Waals surface area (Å²) in [6, 6.07) is 0. The number of aliphatic hydroxyl groups is 2. The monoisotopic (exact) mass is 325 g/mol. The summed E-state index contributed by atoms with van der Waals surface area (Å²) in [7, 11) is 0. The second-order valence-electron chi connectivity index (χ2n) is 4.83. The molecule has 1 aromatic heterocycles. The lowest BCUT2D eigenvalue weighted by Crippen LogP contribution is -2.38. The van der Waals surface area contributed by atoms with Gasteiger partial charge in [0, 0.05) is 0 Å². The van der Waals surface area contributed by atoms with E-state index < -0.39 is 46.2 Å². The maximum atomic E-state index is 13.4. The summed E-state index contributed by atoms with van der Waals surface area (Å²) < 4.78 is 19.6. The van der Waals surface area contributed by atoms with Crippen LogP contribution < -0.4 is 11.4 Å². The number of hydrogen-bond donors (Lipinski definition) is 3. The van der Waals surface area contributed by atoms with Gasteiger partial charge in [0.05, 0.1) is 12.1 Å². The molecule has 1 saturated heterocycles. The van der Waals surface area contributed by atoms with E-state index in [1.807, 2.05) is 0 Å². The van der Waals surface area contributed by atoms with E-state index in [-0.39, 0.29) is 5.88 Å². The lowest BCUT2D eigenvalue weighted by molar-refractivity contribution is -0.0563. The summed E-state index contributed by atoms with van der Waals surface area (Å²) in [5, 5.41) is 18.8. The third kappa shape index (κ3) is 1.40. The van der Waals surface area contributed by atoms with Crippen molar-refractivity contribution < 1.29 is 19.3 Å². The van der Waals surface area contributed by atoms with E-state index in [1.54, 1.807) is 0 Å². The van der Waals surface area contributed by atoms with Crippen molar-refractivity contribution in [1.82, 2.24) is 9.55 Å². The maximum Gasteiger partial charge on any atom is 0.351 e. The van der Waals surface area contributed by atoms with E-state index in [9.17, 15) is 19.4 Å². The maximum absolute atomic E-state index is 13.4. The zero-order chi connectivity index (χ0) is 14.9. The topological polar surface area (TPSA) is 111 Å². The van der Waals surface area contributed by atoms with E-state index in [0.717, 1.165) is 10.8 Å². The summed E-state index contributed by atoms with van der Waals surface area (Å²) in [6.07, 6.45) is -1.69. The lowest BCUT2D eigenvalue weighted by atomic mass is 10.2. The van der Waals surface area contributed by atoms with Crippen LogP contribution in [-0.4, -0.2) is 48.3 Å². The molecule has 5 atom stereocenters. The fourth-order valence-electron chi connectivity index (χ4n) is 2.58. The molecule has 0 amide bonds. The van der Waals surface area contributed by atoms with Crippen LogP contribution in [0.1, 0.15) is 6.23 Å². The van der Waals surface area contributed by atoms with E-state index in [1.165, 1.54) is 0 Å². The molecule has 4 N–H and O–H groups in total. The molecule has 1 aliphatic heterocycles. The highest BCUT2D eigenvalue weighted by Crippen LogP contribution is 2.64. The zero-order valence-electron chi connectivity index (χ0n) is 9.83. The number of aliphatic hydroxyl groups excluding tert-OH is 1. The quantitative estimate of drug-likeness (QED) is 0.613. The number of ether oxygens (including phenoxy) is 1. The first-order chi connectivity index (χ1) is 9.29. The lowest BCUT2D eigenvalue weighted by Gasteiger charge is -2.22. The molecule has 20 heavy (non-hydrogen) atoms. The zero-order valence-corrected chi connectivity index (χ0v) is 11.3. The fourth-order valence-corrected chi connectivity index (χ4v) is 3.48. The van der Waals surface area contributed by atoms with Crippen LogP contribution in [0.15, 0.2) is 11.0 Å². The molecule has 2 aliphatic rings. The Bertz CT molecular complexity index is 639. The Balaban J connectivity index is 2.03. The number of anilines is 1. The largest absolute Gasteiger partial charge is 0.387 e. The van der Waals surface area contributed by atoms with Gasteiger partial charge in [-0.1, -0.05) is 0 Å². The molecular formula is C10H10Cl2FN3O4. The van der Waals surface area contributed by atoms with Gasteiger partial charge >= 0.3 is 5.69 Å². The van der Waals surface area contributed by atoms with Crippen molar-refractivity contribution in [2.45, 2.75) is 28.9 Å². The first kappa shape index (κ1) is 14.0. The summed E-state index contributed by atoms with van der Waals surface area (Å²) in [4.78, 5) is 15.0. The molecule has 1 saturated carbocycles. The normalized spacial score (nSPS) is 42.5. The average molecular weight is 326 g/mol. The van der Waals surface area contributed by atoms with Crippen LogP contribution in [-0.2, 0) is 4.74 Å². The van der Waals surface area contributed by atoms with Gasteiger partial charge in [0.15, 0.2) is 17.9 Å². The van der Waals surface area contributed by atoms with E-state index in [4.69, 9.17) is 33.7 Å². The first-order valence-corrected chi connectivity index (χ1v) is 6.59. The Morgan fingerprint density at radius 1 is 1.65 bits per heavy atom. The van der Waals surface area contributed by atoms with Crippen molar-refractivity contribution in [3.8, 4) is 0 Å². The predicted molar refractivity (Wildman–Crippen MR) is 67.0 cm³/mol. The van der Waals surface area contributed by atoms with Crippen LogP contribution in [0.3, 0.4) is 0 Å². The third-order valence-electron chi connectivity index (χ3n) is 3.86. The number of halogens is 3. The Morgan fingerprint density at radius 3 is 2.85 bits per heavy atom. The summed E-state index contributed by atoms with van der Waals surface area (Å²) in [6.45, 7) is 0. The number of nitrogens with two attached hydrogens (primary N) is 1. The highest BCUT2D eigenvalue weighted by atomic mass is 35.5. The van der Waals surface area contributed by atoms with E-state index in [0.29, 0.717) is 0 Å². The number of rotatable bonds is 2. The second-order valence-corrected chi connectivity index (χ2v) is 5.56. The Kier molecular flexibility index (Phi) is 2.84. The summed E-state index contributed by atoms with van der Waals surface area (Å²) >= 11 is 11.7.